The number of anilines is 1. The molecule has 100 valence electrons. The Morgan fingerprint density at radius 2 is 2.21 bits per heavy atom. The summed E-state index contributed by atoms with van der Waals surface area (Å²) in [6.07, 6.45) is 2.23. The van der Waals surface area contributed by atoms with Crippen LogP contribution in [0.1, 0.15) is 17.2 Å². The Balaban J connectivity index is 2.30. The van der Waals surface area contributed by atoms with Crippen LogP contribution in [0.2, 0.25) is 0 Å². The molecular weight excluding hydrogens is 309 g/mol. The summed E-state index contributed by atoms with van der Waals surface area (Å²) in [6, 6.07) is 8.51. The summed E-state index contributed by atoms with van der Waals surface area (Å²) in [7, 11) is 1.80. The van der Waals surface area contributed by atoms with Gasteiger partial charge in [-0.25, -0.2) is 9.37 Å². The van der Waals surface area contributed by atoms with Crippen molar-refractivity contribution in [2.45, 2.75) is 12.5 Å². The smallest absolute Gasteiger partial charge is 0.128 e. The Kier molecular flexibility index (Phi) is 4.50. The number of rotatable bonds is 4. The molecular formula is C14H15BrFN3. The van der Waals surface area contributed by atoms with E-state index >= 15 is 0 Å². The molecule has 1 aromatic carbocycles. The largest absolute Gasteiger partial charge is 0.383 e. The lowest BCUT2D eigenvalue weighted by atomic mass is 9.99. The van der Waals surface area contributed by atoms with E-state index in [0.29, 0.717) is 17.8 Å². The molecule has 1 unspecified atom stereocenters. The van der Waals surface area contributed by atoms with Gasteiger partial charge in [0.05, 0.1) is 0 Å². The van der Waals surface area contributed by atoms with Crippen molar-refractivity contribution in [1.29, 1.82) is 0 Å². The third-order valence-corrected chi connectivity index (χ3v) is 3.53. The molecule has 5 heteroatoms. The molecule has 0 bridgehead atoms. The molecule has 0 spiro atoms. The summed E-state index contributed by atoms with van der Waals surface area (Å²) in [5.41, 5.74) is 7.34. The van der Waals surface area contributed by atoms with Crippen molar-refractivity contribution in [3.63, 3.8) is 0 Å². The molecule has 2 aromatic rings. The van der Waals surface area contributed by atoms with Gasteiger partial charge in [0.15, 0.2) is 0 Å². The van der Waals surface area contributed by atoms with Crippen LogP contribution >= 0.6 is 15.9 Å². The fourth-order valence-corrected chi connectivity index (χ4v) is 2.37. The number of hydrogen-bond acceptors (Lipinski definition) is 3. The first-order valence-corrected chi connectivity index (χ1v) is 6.72. The van der Waals surface area contributed by atoms with E-state index in [2.05, 4.69) is 26.2 Å². The van der Waals surface area contributed by atoms with Crippen LogP contribution in [0.3, 0.4) is 0 Å². The van der Waals surface area contributed by atoms with Crippen molar-refractivity contribution in [3.05, 3.63) is 57.9 Å². The Labute approximate surface area is 120 Å². The molecule has 19 heavy (non-hydrogen) atoms. The van der Waals surface area contributed by atoms with Gasteiger partial charge in [-0.05, 0) is 43.3 Å². The molecule has 1 atom stereocenters. The summed E-state index contributed by atoms with van der Waals surface area (Å²) in [5.74, 6) is 0.253. The van der Waals surface area contributed by atoms with Crippen LogP contribution in [0.5, 0.6) is 0 Å². The molecule has 0 aliphatic carbocycles. The number of nitrogens with zero attached hydrogens (tertiary/aromatic N) is 1. The number of nitrogen functional groups attached to an aromatic ring is 1. The number of likely N-dealkylation sites (N-methyl/N-ethyl adjacent to an activating group) is 1. The number of hydrogen-bond donors (Lipinski definition) is 2. The van der Waals surface area contributed by atoms with Crippen molar-refractivity contribution in [3.8, 4) is 0 Å². The Hall–Kier alpha value is -1.46. The molecule has 0 radical (unpaired) electrons. The normalized spacial score (nSPS) is 12.4. The van der Waals surface area contributed by atoms with Crippen LogP contribution < -0.4 is 11.1 Å². The molecule has 3 N–H and O–H groups in total. The van der Waals surface area contributed by atoms with Crippen LogP contribution in [0.4, 0.5) is 10.2 Å². The summed E-state index contributed by atoms with van der Waals surface area (Å²) in [4.78, 5) is 4.05. The predicted molar refractivity (Wildman–Crippen MR) is 78.3 cm³/mol. The minimum atomic E-state index is -0.231. The van der Waals surface area contributed by atoms with Crippen LogP contribution in [0.15, 0.2) is 41.0 Å². The second kappa shape index (κ2) is 6.12. The maximum Gasteiger partial charge on any atom is 0.128 e. The minimum absolute atomic E-state index is 0.149. The zero-order valence-corrected chi connectivity index (χ0v) is 12.1. The highest BCUT2D eigenvalue weighted by atomic mass is 79.9. The number of nitrogens with two attached hydrogens (primary N) is 1. The van der Waals surface area contributed by atoms with Crippen molar-refractivity contribution < 1.29 is 4.39 Å². The van der Waals surface area contributed by atoms with Crippen molar-refractivity contribution in [2.24, 2.45) is 0 Å². The maximum atomic E-state index is 13.9. The zero-order chi connectivity index (χ0) is 13.8. The lowest BCUT2D eigenvalue weighted by molar-refractivity contribution is 0.533. The van der Waals surface area contributed by atoms with Gasteiger partial charge < -0.3 is 11.1 Å². The predicted octanol–water partition coefficient (Wildman–Crippen LogP) is 3.07. The van der Waals surface area contributed by atoms with Gasteiger partial charge >= 0.3 is 0 Å². The van der Waals surface area contributed by atoms with E-state index in [-0.39, 0.29) is 11.9 Å². The second-order valence-electron chi connectivity index (χ2n) is 4.26. The summed E-state index contributed by atoms with van der Waals surface area (Å²) >= 11 is 3.36. The molecule has 0 saturated heterocycles. The molecule has 2 rings (SSSR count). The summed E-state index contributed by atoms with van der Waals surface area (Å²) in [6.45, 7) is 0. The maximum absolute atomic E-state index is 13.9. The highest BCUT2D eigenvalue weighted by Crippen LogP contribution is 2.25. The number of halogens is 2. The van der Waals surface area contributed by atoms with E-state index in [0.717, 1.165) is 10.0 Å². The minimum Gasteiger partial charge on any atom is -0.383 e. The third kappa shape index (κ3) is 3.30. The number of aromatic nitrogens is 1. The molecule has 0 aliphatic rings. The molecule has 3 nitrogen and oxygen atoms in total. The van der Waals surface area contributed by atoms with Crippen LogP contribution in [0.25, 0.3) is 0 Å². The van der Waals surface area contributed by atoms with Crippen molar-refractivity contribution >= 4 is 21.7 Å². The molecule has 1 aromatic heterocycles. The lowest BCUT2D eigenvalue weighted by Crippen LogP contribution is -2.20. The Morgan fingerprint density at radius 1 is 1.42 bits per heavy atom. The van der Waals surface area contributed by atoms with Gasteiger partial charge in [0.1, 0.15) is 11.6 Å². The van der Waals surface area contributed by atoms with Gasteiger partial charge in [0, 0.05) is 22.3 Å². The zero-order valence-electron chi connectivity index (χ0n) is 10.5. The summed E-state index contributed by atoms with van der Waals surface area (Å²) in [5, 5.41) is 3.12. The van der Waals surface area contributed by atoms with Crippen LogP contribution in [0, 0.1) is 5.82 Å². The third-order valence-electron chi connectivity index (χ3n) is 3.03. The SMILES string of the molecule is CNC(Cc1cccnc1N)c1cc(Br)ccc1F. The number of benzene rings is 1. The Bertz CT molecular complexity index is 574. The van der Waals surface area contributed by atoms with Crippen molar-refractivity contribution in [1.82, 2.24) is 10.3 Å². The van der Waals surface area contributed by atoms with Crippen LogP contribution in [-0.2, 0) is 6.42 Å². The number of pyridine rings is 1. The molecule has 0 saturated carbocycles. The topological polar surface area (TPSA) is 50.9 Å². The monoisotopic (exact) mass is 323 g/mol. The van der Waals surface area contributed by atoms with Crippen molar-refractivity contribution in [2.75, 3.05) is 12.8 Å². The van der Waals surface area contributed by atoms with Gasteiger partial charge in [-0.15, -0.1) is 0 Å². The first-order chi connectivity index (χ1) is 9.11. The molecule has 0 fully saturated rings. The highest BCUT2D eigenvalue weighted by molar-refractivity contribution is 9.10. The van der Waals surface area contributed by atoms with E-state index in [1.807, 2.05) is 12.1 Å². The van der Waals surface area contributed by atoms with E-state index in [1.54, 1.807) is 25.4 Å². The summed E-state index contributed by atoms with van der Waals surface area (Å²) < 4.78 is 14.8. The Morgan fingerprint density at radius 3 is 2.89 bits per heavy atom. The van der Waals surface area contributed by atoms with Gasteiger partial charge in [0.2, 0.25) is 0 Å². The fraction of sp³-hybridized carbons (Fsp3) is 0.214. The quantitative estimate of drug-likeness (QED) is 0.909. The average molecular weight is 324 g/mol. The van der Waals surface area contributed by atoms with Gasteiger partial charge in [0.25, 0.3) is 0 Å². The van der Waals surface area contributed by atoms with E-state index in [9.17, 15) is 4.39 Å². The van der Waals surface area contributed by atoms with E-state index in [4.69, 9.17) is 5.73 Å². The second-order valence-corrected chi connectivity index (χ2v) is 5.17. The number of nitrogens with one attached hydrogen (secondary N) is 1. The van der Waals surface area contributed by atoms with Crippen LogP contribution in [-0.4, -0.2) is 12.0 Å². The first kappa shape index (κ1) is 14.0. The van der Waals surface area contributed by atoms with Gasteiger partial charge in [-0.2, -0.15) is 0 Å². The average Bonchev–Trinajstić information content (AvgIpc) is 2.41. The van der Waals surface area contributed by atoms with E-state index in [1.165, 1.54) is 6.07 Å². The molecule has 1 heterocycles. The lowest BCUT2D eigenvalue weighted by Gasteiger charge is -2.18. The standard InChI is InChI=1S/C14H15BrFN3/c1-18-13(7-9-3-2-6-19-14(9)17)11-8-10(15)4-5-12(11)16/h2-6,8,13,18H,7H2,1H3,(H2,17,19). The molecule has 0 aliphatic heterocycles. The fourth-order valence-electron chi connectivity index (χ4n) is 1.99. The molecule has 0 amide bonds. The van der Waals surface area contributed by atoms with Gasteiger partial charge in [-0.3, -0.25) is 0 Å². The first-order valence-electron chi connectivity index (χ1n) is 5.93. The highest BCUT2D eigenvalue weighted by Gasteiger charge is 2.16. The van der Waals surface area contributed by atoms with E-state index < -0.39 is 0 Å². The van der Waals surface area contributed by atoms with Gasteiger partial charge in [-0.1, -0.05) is 22.0 Å².